The molecular weight excluding hydrogens is 274 g/mol. The molecule has 1 aromatic heterocycles. The van der Waals surface area contributed by atoms with E-state index in [0.29, 0.717) is 25.6 Å². The number of rotatable bonds is 6. The molecule has 2 atom stereocenters. The lowest BCUT2D eigenvalue weighted by atomic mass is 10.0. The first-order chi connectivity index (χ1) is 10.0. The molecule has 1 saturated heterocycles. The normalized spacial score (nSPS) is 18.7. The van der Waals surface area contributed by atoms with E-state index in [-0.39, 0.29) is 29.9 Å². The Bertz CT molecular complexity index is 471. The van der Waals surface area contributed by atoms with E-state index in [4.69, 9.17) is 19.6 Å². The highest BCUT2D eigenvalue weighted by molar-refractivity contribution is 5.91. The summed E-state index contributed by atoms with van der Waals surface area (Å²) in [6.45, 7) is 5.56. The molecule has 118 valence electrons. The molecule has 1 amide bonds. The number of hydrogen-bond donors (Lipinski definition) is 1. The quantitative estimate of drug-likeness (QED) is 0.847. The van der Waals surface area contributed by atoms with Crippen LogP contribution in [0.25, 0.3) is 0 Å². The van der Waals surface area contributed by atoms with Crippen molar-refractivity contribution in [2.45, 2.75) is 32.6 Å². The predicted octanol–water partition coefficient (Wildman–Crippen LogP) is 1.17. The van der Waals surface area contributed by atoms with Crippen molar-refractivity contribution in [2.75, 3.05) is 26.8 Å². The van der Waals surface area contributed by atoms with E-state index in [1.54, 1.807) is 7.05 Å². The largest absolute Gasteiger partial charge is 0.446 e. The van der Waals surface area contributed by atoms with Gasteiger partial charge in [0.25, 0.3) is 5.91 Å². The molecule has 0 bridgehead atoms. The second-order valence-electron chi connectivity index (χ2n) is 5.34. The van der Waals surface area contributed by atoms with E-state index in [0.717, 1.165) is 6.42 Å². The Morgan fingerprint density at radius 1 is 1.52 bits per heavy atom. The summed E-state index contributed by atoms with van der Waals surface area (Å²) in [4.78, 5) is 18.0. The van der Waals surface area contributed by atoms with Crippen LogP contribution in [0.2, 0.25) is 0 Å². The van der Waals surface area contributed by atoms with E-state index in [2.05, 4.69) is 11.9 Å². The fraction of sp³-hybridized carbons (Fsp3) is 0.714. The van der Waals surface area contributed by atoms with Gasteiger partial charge in [0, 0.05) is 7.05 Å². The molecule has 1 aliphatic rings. The molecule has 7 heteroatoms. The minimum atomic E-state index is -0.368. The van der Waals surface area contributed by atoms with Gasteiger partial charge >= 0.3 is 0 Å². The highest BCUT2D eigenvalue weighted by atomic mass is 16.7. The minimum Gasteiger partial charge on any atom is -0.446 e. The molecule has 1 fully saturated rings. The predicted molar refractivity (Wildman–Crippen MR) is 75.5 cm³/mol. The number of nitrogens with two attached hydrogens (primary N) is 1. The summed E-state index contributed by atoms with van der Waals surface area (Å²) in [5, 5.41) is 0. The van der Waals surface area contributed by atoms with Crippen LogP contribution < -0.4 is 5.73 Å². The highest BCUT2D eigenvalue weighted by Gasteiger charge is 2.25. The maximum absolute atomic E-state index is 12.3. The summed E-state index contributed by atoms with van der Waals surface area (Å²) in [5.41, 5.74) is 6.30. The monoisotopic (exact) mass is 297 g/mol. The first-order valence-corrected chi connectivity index (χ1v) is 7.22. The van der Waals surface area contributed by atoms with Crippen molar-refractivity contribution < 1.29 is 18.7 Å². The van der Waals surface area contributed by atoms with Crippen molar-refractivity contribution in [3.05, 3.63) is 17.8 Å². The fourth-order valence-corrected chi connectivity index (χ4v) is 2.05. The third-order valence-corrected chi connectivity index (χ3v) is 3.74. The molecule has 21 heavy (non-hydrogen) atoms. The first-order valence-electron chi connectivity index (χ1n) is 7.22. The molecule has 2 N–H and O–H groups in total. The van der Waals surface area contributed by atoms with Gasteiger partial charge in [-0.05, 0) is 5.92 Å². The molecule has 0 radical (unpaired) electrons. The SMILES string of the molecule is CCC(C)C(N)c1nc(C(=O)N(C)CC2OCCO2)co1. The number of amides is 1. The van der Waals surface area contributed by atoms with Crippen LogP contribution >= 0.6 is 0 Å². The topological polar surface area (TPSA) is 90.8 Å². The zero-order valence-electron chi connectivity index (χ0n) is 12.7. The number of oxazole rings is 1. The fourth-order valence-electron chi connectivity index (χ4n) is 2.05. The Labute approximate surface area is 124 Å². The Morgan fingerprint density at radius 2 is 2.19 bits per heavy atom. The molecule has 1 aromatic rings. The van der Waals surface area contributed by atoms with Crippen LogP contribution in [0.4, 0.5) is 0 Å². The summed E-state index contributed by atoms with van der Waals surface area (Å²) >= 11 is 0. The number of nitrogens with zero attached hydrogens (tertiary/aromatic N) is 2. The van der Waals surface area contributed by atoms with Crippen molar-refractivity contribution in [1.29, 1.82) is 0 Å². The van der Waals surface area contributed by atoms with Gasteiger partial charge in [-0.15, -0.1) is 0 Å². The number of ether oxygens (including phenoxy) is 2. The van der Waals surface area contributed by atoms with Gasteiger partial charge < -0.3 is 24.5 Å². The summed E-state index contributed by atoms with van der Waals surface area (Å²) in [5.74, 6) is 0.402. The summed E-state index contributed by atoms with van der Waals surface area (Å²) in [7, 11) is 1.68. The Kier molecular flexibility index (Phi) is 5.33. The van der Waals surface area contributed by atoms with Gasteiger partial charge in [-0.25, -0.2) is 4.98 Å². The lowest BCUT2D eigenvalue weighted by Crippen LogP contribution is -2.35. The van der Waals surface area contributed by atoms with E-state index in [9.17, 15) is 4.79 Å². The molecule has 0 aliphatic carbocycles. The van der Waals surface area contributed by atoms with Crippen molar-refractivity contribution in [3.63, 3.8) is 0 Å². The smallest absolute Gasteiger partial charge is 0.275 e. The van der Waals surface area contributed by atoms with Crippen LogP contribution in [0.15, 0.2) is 10.7 Å². The number of carbonyl (C=O) groups excluding carboxylic acids is 1. The zero-order valence-corrected chi connectivity index (χ0v) is 12.7. The minimum absolute atomic E-state index is 0.236. The molecule has 0 aromatic carbocycles. The van der Waals surface area contributed by atoms with E-state index in [1.807, 2.05) is 6.92 Å². The zero-order chi connectivity index (χ0) is 15.4. The Balaban J connectivity index is 1.97. The molecule has 7 nitrogen and oxygen atoms in total. The van der Waals surface area contributed by atoms with Crippen molar-refractivity contribution >= 4 is 5.91 Å². The average molecular weight is 297 g/mol. The van der Waals surface area contributed by atoms with Crippen LogP contribution in [-0.4, -0.2) is 48.9 Å². The molecule has 2 unspecified atom stereocenters. The van der Waals surface area contributed by atoms with Gasteiger partial charge in [0.1, 0.15) is 6.26 Å². The van der Waals surface area contributed by atoms with Crippen LogP contribution in [0.3, 0.4) is 0 Å². The number of likely N-dealkylation sites (N-methyl/N-ethyl adjacent to an activating group) is 1. The van der Waals surface area contributed by atoms with Crippen molar-refractivity contribution in [2.24, 2.45) is 11.7 Å². The number of hydrogen-bond acceptors (Lipinski definition) is 6. The Hall–Kier alpha value is -1.44. The number of carbonyl (C=O) groups is 1. The van der Waals surface area contributed by atoms with Crippen LogP contribution in [-0.2, 0) is 9.47 Å². The standard InChI is InChI=1S/C14H23N3O4/c1-4-9(2)12(15)13-16-10(8-21-13)14(18)17(3)7-11-19-5-6-20-11/h8-9,11-12H,4-7,15H2,1-3H3. The van der Waals surface area contributed by atoms with E-state index in [1.165, 1.54) is 11.2 Å². The van der Waals surface area contributed by atoms with Gasteiger partial charge in [-0.3, -0.25) is 4.79 Å². The molecular formula is C14H23N3O4. The molecule has 1 aliphatic heterocycles. The Morgan fingerprint density at radius 3 is 2.81 bits per heavy atom. The molecule has 2 heterocycles. The highest BCUT2D eigenvalue weighted by Crippen LogP contribution is 2.21. The number of aromatic nitrogens is 1. The summed E-state index contributed by atoms with van der Waals surface area (Å²) in [6.07, 6.45) is 1.91. The maximum atomic E-state index is 12.3. The van der Waals surface area contributed by atoms with Gasteiger partial charge in [-0.1, -0.05) is 20.3 Å². The van der Waals surface area contributed by atoms with Gasteiger partial charge in [0.05, 0.1) is 25.8 Å². The average Bonchev–Trinajstić information content (AvgIpc) is 3.15. The van der Waals surface area contributed by atoms with Gasteiger partial charge in [0.15, 0.2) is 12.0 Å². The lowest BCUT2D eigenvalue weighted by molar-refractivity contribution is -0.0543. The van der Waals surface area contributed by atoms with E-state index < -0.39 is 0 Å². The summed E-state index contributed by atoms with van der Waals surface area (Å²) in [6, 6.07) is -0.302. The molecule has 2 rings (SSSR count). The van der Waals surface area contributed by atoms with Gasteiger partial charge in [0.2, 0.25) is 5.89 Å². The molecule has 0 spiro atoms. The lowest BCUT2D eigenvalue weighted by Gasteiger charge is -2.19. The third kappa shape index (κ3) is 3.81. The first kappa shape index (κ1) is 15.9. The second kappa shape index (κ2) is 7.02. The van der Waals surface area contributed by atoms with E-state index >= 15 is 0 Å². The van der Waals surface area contributed by atoms with Crippen molar-refractivity contribution in [1.82, 2.24) is 9.88 Å². The summed E-state index contributed by atoms with van der Waals surface area (Å²) < 4.78 is 16.0. The second-order valence-corrected chi connectivity index (χ2v) is 5.34. The van der Waals surface area contributed by atoms with Crippen molar-refractivity contribution in [3.8, 4) is 0 Å². The molecule has 0 saturated carbocycles. The van der Waals surface area contributed by atoms with Crippen LogP contribution in [0.5, 0.6) is 0 Å². The third-order valence-electron chi connectivity index (χ3n) is 3.74. The van der Waals surface area contributed by atoms with Gasteiger partial charge in [-0.2, -0.15) is 0 Å². The van der Waals surface area contributed by atoms with Crippen LogP contribution in [0.1, 0.15) is 42.7 Å². The maximum Gasteiger partial charge on any atom is 0.275 e. The van der Waals surface area contributed by atoms with Crippen LogP contribution in [0, 0.1) is 5.92 Å².